The fourth-order valence-corrected chi connectivity index (χ4v) is 3.49. The van der Waals surface area contributed by atoms with Crippen molar-refractivity contribution in [2.24, 2.45) is 11.8 Å². The Kier molecular flexibility index (Phi) is 4.31. The van der Waals surface area contributed by atoms with Crippen molar-refractivity contribution in [3.63, 3.8) is 0 Å². The molecule has 1 atom stereocenters. The smallest absolute Gasteiger partial charge is 0.152 e. The first-order chi connectivity index (χ1) is 7.79. The lowest BCUT2D eigenvalue weighted by molar-refractivity contribution is 0.263. The second-order valence-electron chi connectivity index (χ2n) is 5.47. The topological polar surface area (TPSA) is 19.9 Å². The van der Waals surface area contributed by atoms with Gasteiger partial charge in [0, 0.05) is 0 Å². The van der Waals surface area contributed by atoms with E-state index in [1.54, 1.807) is 6.92 Å². The Balaban J connectivity index is 2.06. The summed E-state index contributed by atoms with van der Waals surface area (Å²) in [4.78, 5) is 0. The molecule has 0 aromatic rings. The first-order valence-corrected chi connectivity index (χ1v) is 7.00. The molecule has 2 rings (SSSR count). The average molecular weight is 220 g/mol. The molecule has 1 unspecified atom stereocenters. The van der Waals surface area contributed by atoms with Crippen LogP contribution < -0.4 is 0 Å². The van der Waals surface area contributed by atoms with Crippen molar-refractivity contribution in [2.75, 3.05) is 0 Å². The molecule has 2 radical (unpaired) electrons. The van der Waals surface area contributed by atoms with Crippen LogP contribution in [0.3, 0.4) is 0 Å². The summed E-state index contributed by atoms with van der Waals surface area (Å²) in [5, 5.41) is 11.9. The van der Waals surface area contributed by atoms with Gasteiger partial charge in [0.1, 0.15) is 0 Å². The van der Waals surface area contributed by atoms with Gasteiger partial charge in [-0.05, 0) is 56.4 Å². The van der Waals surface area contributed by atoms with E-state index in [-0.39, 0.29) is 0 Å². The summed E-state index contributed by atoms with van der Waals surface area (Å²) in [7, 11) is 0. The molecule has 0 saturated heterocycles. The van der Waals surface area contributed by atoms with Gasteiger partial charge in [-0.15, -0.1) is 0 Å². The second kappa shape index (κ2) is 5.75. The Morgan fingerprint density at radius 1 is 1.00 bits per heavy atom. The number of rotatable bonds is 2. The highest BCUT2D eigenvalue weighted by Gasteiger charge is 2.28. The molecular weight excluding hydrogens is 196 g/mol. The molecule has 0 aliphatic heterocycles. The maximum Gasteiger partial charge on any atom is 0.152 e. The highest BCUT2D eigenvalue weighted by atomic mass is 16.3. The van der Waals surface area contributed by atoms with Crippen molar-refractivity contribution in [1.82, 2.24) is 0 Å². The Labute approximate surface area is 99.9 Å². The van der Waals surface area contributed by atoms with Crippen LogP contribution in [0.4, 0.5) is 0 Å². The molecular formula is C15H24O. The Morgan fingerprint density at radius 2 is 1.69 bits per heavy atom. The zero-order valence-electron chi connectivity index (χ0n) is 10.5. The van der Waals surface area contributed by atoms with E-state index >= 15 is 0 Å². The molecule has 2 aliphatic rings. The zero-order chi connectivity index (χ0) is 11.4. The summed E-state index contributed by atoms with van der Waals surface area (Å²) in [6.07, 6.45) is 14.0. The van der Waals surface area contributed by atoms with Crippen LogP contribution >= 0.6 is 0 Å². The van der Waals surface area contributed by atoms with Gasteiger partial charge in [0.05, 0.1) is 0 Å². The summed E-state index contributed by atoms with van der Waals surface area (Å²) in [6, 6.07) is 0. The minimum absolute atomic E-state index is 0.370. The molecule has 90 valence electrons. The van der Waals surface area contributed by atoms with Gasteiger partial charge in [-0.25, -0.2) is 0 Å². The quantitative estimate of drug-likeness (QED) is 0.603. The van der Waals surface area contributed by atoms with E-state index in [4.69, 9.17) is 0 Å². The van der Waals surface area contributed by atoms with Crippen molar-refractivity contribution >= 4 is 0 Å². The molecule has 0 aromatic carbocycles. The summed E-state index contributed by atoms with van der Waals surface area (Å²) in [6.45, 7) is 1.78. The standard InChI is InChI=1S/C15H24O/c1-12(16)15(13-8-4-2-5-9-13)14-10-6-3-7-11-14/h8,13-14H,2-7,9-11H2,1H3. The molecule has 16 heavy (non-hydrogen) atoms. The van der Waals surface area contributed by atoms with Crippen LogP contribution in [0.25, 0.3) is 0 Å². The second-order valence-corrected chi connectivity index (χ2v) is 5.47. The maximum absolute atomic E-state index is 11.9. The fraction of sp³-hybridized carbons (Fsp3) is 0.800. The monoisotopic (exact) mass is 220 g/mol. The molecule has 0 N–H and O–H groups in total. The average Bonchev–Trinajstić information content (AvgIpc) is 2.31. The Bertz CT molecular complexity index is 218. The predicted molar refractivity (Wildman–Crippen MR) is 66.2 cm³/mol. The first-order valence-electron chi connectivity index (χ1n) is 7.00. The van der Waals surface area contributed by atoms with E-state index in [0.717, 1.165) is 0 Å². The van der Waals surface area contributed by atoms with Crippen molar-refractivity contribution in [3.8, 4) is 0 Å². The lowest BCUT2D eigenvalue weighted by Crippen LogP contribution is -2.20. The zero-order valence-corrected chi connectivity index (χ0v) is 10.5. The van der Waals surface area contributed by atoms with Crippen molar-refractivity contribution in [1.29, 1.82) is 0 Å². The summed E-state index contributed by atoms with van der Waals surface area (Å²) in [5.74, 6) is 1.51. The van der Waals surface area contributed by atoms with Crippen LogP contribution in [-0.4, -0.2) is 0 Å². The van der Waals surface area contributed by atoms with Crippen LogP contribution in [0.2, 0.25) is 0 Å². The normalized spacial score (nSPS) is 26.6. The van der Waals surface area contributed by atoms with Gasteiger partial charge in [-0.2, -0.15) is 0 Å². The first kappa shape index (κ1) is 12.0. The highest BCUT2D eigenvalue weighted by Crippen LogP contribution is 2.40. The van der Waals surface area contributed by atoms with E-state index in [2.05, 4.69) is 6.42 Å². The lowest BCUT2D eigenvalue weighted by Gasteiger charge is -2.32. The third-order valence-electron chi connectivity index (χ3n) is 4.27. The van der Waals surface area contributed by atoms with E-state index < -0.39 is 0 Å². The van der Waals surface area contributed by atoms with E-state index in [9.17, 15) is 5.11 Å². The molecule has 0 spiro atoms. The van der Waals surface area contributed by atoms with Crippen molar-refractivity contribution in [2.45, 2.75) is 64.7 Å². The minimum Gasteiger partial charge on any atom is -0.295 e. The van der Waals surface area contributed by atoms with Crippen LogP contribution in [0.1, 0.15) is 64.7 Å². The molecule has 0 aromatic heterocycles. The molecule has 2 saturated carbocycles. The van der Waals surface area contributed by atoms with Crippen molar-refractivity contribution < 1.29 is 5.11 Å². The lowest BCUT2D eigenvalue weighted by atomic mass is 9.73. The third kappa shape index (κ3) is 2.81. The Morgan fingerprint density at radius 3 is 2.25 bits per heavy atom. The highest BCUT2D eigenvalue weighted by molar-refractivity contribution is 5.18. The summed E-state index contributed by atoms with van der Waals surface area (Å²) >= 11 is 0. The third-order valence-corrected chi connectivity index (χ3v) is 4.27. The predicted octanol–water partition coefficient (Wildman–Crippen LogP) is 4.67. The van der Waals surface area contributed by atoms with Gasteiger partial charge in [-0.1, -0.05) is 32.1 Å². The van der Waals surface area contributed by atoms with Crippen LogP contribution in [-0.2, 0) is 5.11 Å². The fourth-order valence-electron chi connectivity index (χ4n) is 3.49. The number of allylic oxidation sites excluding steroid dienone is 2. The van der Waals surface area contributed by atoms with E-state index in [1.807, 2.05) is 0 Å². The van der Waals surface area contributed by atoms with E-state index in [0.29, 0.717) is 17.6 Å². The Hall–Kier alpha value is -0.460. The van der Waals surface area contributed by atoms with E-state index in [1.165, 1.54) is 63.4 Å². The molecule has 0 amide bonds. The molecule has 1 heteroatoms. The SMILES string of the molecule is CC([O])=C(C1[CH]CCCC1)C1CCCCC1. The number of hydrogen-bond acceptors (Lipinski definition) is 0. The molecule has 0 bridgehead atoms. The molecule has 1 nitrogen and oxygen atoms in total. The van der Waals surface area contributed by atoms with Gasteiger partial charge in [0.25, 0.3) is 0 Å². The van der Waals surface area contributed by atoms with Gasteiger partial charge < -0.3 is 0 Å². The van der Waals surface area contributed by atoms with Gasteiger partial charge in [-0.3, -0.25) is 5.11 Å². The summed E-state index contributed by atoms with van der Waals surface area (Å²) < 4.78 is 0. The molecule has 2 aliphatic carbocycles. The number of hydrogen-bond donors (Lipinski definition) is 0. The van der Waals surface area contributed by atoms with Crippen LogP contribution in [0.5, 0.6) is 0 Å². The van der Waals surface area contributed by atoms with Crippen LogP contribution in [0, 0.1) is 18.3 Å². The van der Waals surface area contributed by atoms with Crippen molar-refractivity contribution in [3.05, 3.63) is 17.8 Å². The maximum atomic E-state index is 11.9. The minimum atomic E-state index is 0.370. The molecule has 0 heterocycles. The van der Waals surface area contributed by atoms with Crippen LogP contribution in [0.15, 0.2) is 11.3 Å². The largest absolute Gasteiger partial charge is 0.295 e. The van der Waals surface area contributed by atoms with Gasteiger partial charge in [0.2, 0.25) is 0 Å². The van der Waals surface area contributed by atoms with Gasteiger partial charge in [0.15, 0.2) is 5.76 Å². The summed E-state index contributed by atoms with van der Waals surface area (Å²) in [5.41, 5.74) is 1.28. The molecule has 2 fully saturated rings. The van der Waals surface area contributed by atoms with Gasteiger partial charge >= 0.3 is 0 Å².